The molecule has 0 radical (unpaired) electrons. The first-order chi connectivity index (χ1) is 10.7. The molecule has 22 heavy (non-hydrogen) atoms. The van der Waals surface area contributed by atoms with Crippen LogP contribution in [0.3, 0.4) is 0 Å². The van der Waals surface area contributed by atoms with Gasteiger partial charge in [-0.3, -0.25) is 4.79 Å². The molecule has 126 valence electrons. The summed E-state index contributed by atoms with van der Waals surface area (Å²) in [6.45, 7) is 2.92. The Bertz CT molecular complexity index is 384. The SMILES string of the molecule is CCOC1CC(NC2CCC(C(=O)O)CC2)C12CCCCC2. The van der Waals surface area contributed by atoms with E-state index in [1.165, 1.54) is 32.1 Å². The molecule has 2 unspecified atom stereocenters. The van der Waals surface area contributed by atoms with E-state index in [0.717, 1.165) is 38.7 Å². The fourth-order valence-corrected chi connectivity index (χ4v) is 5.09. The van der Waals surface area contributed by atoms with Crippen LogP contribution >= 0.6 is 0 Å². The van der Waals surface area contributed by atoms with Crippen molar-refractivity contribution in [3.63, 3.8) is 0 Å². The van der Waals surface area contributed by atoms with Crippen molar-refractivity contribution >= 4 is 5.97 Å². The lowest BCUT2D eigenvalue weighted by atomic mass is 9.55. The lowest BCUT2D eigenvalue weighted by Crippen LogP contribution is -2.66. The molecule has 1 spiro atoms. The van der Waals surface area contributed by atoms with Crippen LogP contribution in [0.15, 0.2) is 0 Å². The lowest BCUT2D eigenvalue weighted by Gasteiger charge is -2.59. The summed E-state index contributed by atoms with van der Waals surface area (Å²) in [5.41, 5.74) is 0.373. The second kappa shape index (κ2) is 6.88. The average molecular weight is 309 g/mol. The van der Waals surface area contributed by atoms with E-state index in [4.69, 9.17) is 9.84 Å². The summed E-state index contributed by atoms with van der Waals surface area (Å²) in [6, 6.07) is 1.11. The maximum atomic E-state index is 11.1. The van der Waals surface area contributed by atoms with Gasteiger partial charge < -0.3 is 15.2 Å². The number of ether oxygens (including phenoxy) is 1. The zero-order valence-electron chi connectivity index (χ0n) is 13.9. The van der Waals surface area contributed by atoms with E-state index < -0.39 is 5.97 Å². The van der Waals surface area contributed by atoms with Crippen molar-refractivity contribution < 1.29 is 14.6 Å². The zero-order chi connectivity index (χ0) is 15.6. The quantitative estimate of drug-likeness (QED) is 0.817. The summed E-state index contributed by atoms with van der Waals surface area (Å²) in [6.07, 6.45) is 12.0. The molecule has 0 aromatic rings. The topological polar surface area (TPSA) is 58.6 Å². The van der Waals surface area contributed by atoms with Crippen LogP contribution in [0.5, 0.6) is 0 Å². The maximum absolute atomic E-state index is 11.1. The Hall–Kier alpha value is -0.610. The van der Waals surface area contributed by atoms with E-state index in [1.807, 2.05) is 0 Å². The summed E-state index contributed by atoms with van der Waals surface area (Å²) >= 11 is 0. The van der Waals surface area contributed by atoms with E-state index >= 15 is 0 Å². The van der Waals surface area contributed by atoms with Crippen molar-refractivity contribution in [2.45, 2.75) is 89.3 Å². The van der Waals surface area contributed by atoms with E-state index in [2.05, 4.69) is 12.2 Å². The van der Waals surface area contributed by atoms with E-state index in [-0.39, 0.29) is 5.92 Å². The third-order valence-corrected chi connectivity index (χ3v) is 6.45. The number of hydrogen-bond acceptors (Lipinski definition) is 3. The third kappa shape index (κ3) is 3.05. The molecule has 4 nitrogen and oxygen atoms in total. The first-order valence-corrected chi connectivity index (χ1v) is 9.26. The highest BCUT2D eigenvalue weighted by Gasteiger charge is 2.55. The molecule has 2 atom stereocenters. The van der Waals surface area contributed by atoms with Gasteiger partial charge in [0.25, 0.3) is 0 Å². The highest BCUT2D eigenvalue weighted by Crippen LogP contribution is 2.53. The molecule has 4 heteroatoms. The minimum absolute atomic E-state index is 0.112. The molecule has 3 fully saturated rings. The number of carboxylic acid groups (broad SMARTS) is 1. The molecular weight excluding hydrogens is 278 g/mol. The minimum atomic E-state index is -0.609. The van der Waals surface area contributed by atoms with Crippen molar-refractivity contribution in [2.24, 2.45) is 11.3 Å². The van der Waals surface area contributed by atoms with Gasteiger partial charge in [0.1, 0.15) is 0 Å². The van der Waals surface area contributed by atoms with Crippen LogP contribution in [-0.4, -0.2) is 35.9 Å². The van der Waals surface area contributed by atoms with Crippen LogP contribution in [-0.2, 0) is 9.53 Å². The monoisotopic (exact) mass is 309 g/mol. The largest absolute Gasteiger partial charge is 0.481 e. The number of carboxylic acids is 1. The highest BCUT2D eigenvalue weighted by atomic mass is 16.5. The fraction of sp³-hybridized carbons (Fsp3) is 0.944. The van der Waals surface area contributed by atoms with Crippen LogP contribution in [0.1, 0.15) is 71.1 Å². The molecule has 0 heterocycles. The van der Waals surface area contributed by atoms with Gasteiger partial charge in [0.2, 0.25) is 0 Å². The second-order valence-electron chi connectivity index (χ2n) is 7.58. The Labute approximate surface area is 134 Å². The third-order valence-electron chi connectivity index (χ3n) is 6.45. The van der Waals surface area contributed by atoms with Crippen molar-refractivity contribution in [2.75, 3.05) is 6.61 Å². The van der Waals surface area contributed by atoms with Crippen LogP contribution < -0.4 is 5.32 Å². The molecule has 3 rings (SSSR count). The molecule has 0 bridgehead atoms. The Morgan fingerprint density at radius 1 is 1.18 bits per heavy atom. The number of nitrogens with one attached hydrogen (secondary N) is 1. The predicted octanol–water partition coefficient (Wildman–Crippen LogP) is 3.35. The summed E-state index contributed by atoms with van der Waals surface area (Å²) in [5.74, 6) is -0.721. The average Bonchev–Trinajstić information content (AvgIpc) is 2.55. The van der Waals surface area contributed by atoms with Gasteiger partial charge in [-0.1, -0.05) is 19.3 Å². The minimum Gasteiger partial charge on any atom is -0.481 e. The summed E-state index contributed by atoms with van der Waals surface area (Å²) < 4.78 is 6.02. The summed E-state index contributed by atoms with van der Waals surface area (Å²) in [5, 5.41) is 13.0. The molecule has 0 saturated heterocycles. The molecular formula is C18H31NO3. The molecule has 3 saturated carbocycles. The van der Waals surface area contributed by atoms with Crippen molar-refractivity contribution in [3.8, 4) is 0 Å². The number of hydrogen-bond donors (Lipinski definition) is 2. The van der Waals surface area contributed by atoms with Gasteiger partial charge >= 0.3 is 5.97 Å². The number of carbonyl (C=O) groups is 1. The molecule has 3 aliphatic carbocycles. The summed E-state index contributed by atoms with van der Waals surface area (Å²) in [7, 11) is 0. The Morgan fingerprint density at radius 2 is 1.86 bits per heavy atom. The van der Waals surface area contributed by atoms with Crippen molar-refractivity contribution in [1.29, 1.82) is 0 Å². The highest BCUT2D eigenvalue weighted by molar-refractivity contribution is 5.70. The first kappa shape index (κ1) is 16.3. The molecule has 0 aliphatic heterocycles. The van der Waals surface area contributed by atoms with Crippen molar-refractivity contribution in [3.05, 3.63) is 0 Å². The van der Waals surface area contributed by atoms with E-state index in [9.17, 15) is 4.79 Å². The fourth-order valence-electron chi connectivity index (χ4n) is 5.09. The van der Waals surface area contributed by atoms with Gasteiger partial charge in [-0.05, 0) is 51.9 Å². The normalized spacial score (nSPS) is 37.7. The van der Waals surface area contributed by atoms with Gasteiger partial charge in [-0.2, -0.15) is 0 Å². The maximum Gasteiger partial charge on any atom is 0.306 e. The van der Waals surface area contributed by atoms with Gasteiger partial charge in [-0.15, -0.1) is 0 Å². The Kier molecular flexibility index (Phi) is 5.08. The van der Waals surface area contributed by atoms with Crippen LogP contribution in [0, 0.1) is 11.3 Å². The van der Waals surface area contributed by atoms with Gasteiger partial charge in [0, 0.05) is 24.1 Å². The summed E-state index contributed by atoms with van der Waals surface area (Å²) in [4.78, 5) is 11.1. The molecule has 0 aromatic carbocycles. The first-order valence-electron chi connectivity index (χ1n) is 9.26. The van der Waals surface area contributed by atoms with Crippen molar-refractivity contribution in [1.82, 2.24) is 5.32 Å². The number of aliphatic carboxylic acids is 1. The van der Waals surface area contributed by atoms with E-state index in [1.54, 1.807) is 0 Å². The van der Waals surface area contributed by atoms with Crippen LogP contribution in [0.25, 0.3) is 0 Å². The predicted molar refractivity (Wildman–Crippen MR) is 85.9 cm³/mol. The second-order valence-corrected chi connectivity index (χ2v) is 7.58. The van der Waals surface area contributed by atoms with Crippen LogP contribution in [0.2, 0.25) is 0 Å². The Morgan fingerprint density at radius 3 is 2.45 bits per heavy atom. The molecule has 2 N–H and O–H groups in total. The van der Waals surface area contributed by atoms with Gasteiger partial charge in [0.15, 0.2) is 0 Å². The van der Waals surface area contributed by atoms with Gasteiger partial charge in [-0.25, -0.2) is 0 Å². The molecule has 0 amide bonds. The van der Waals surface area contributed by atoms with E-state index in [0.29, 0.717) is 23.6 Å². The standard InChI is InChI=1S/C18H31NO3/c1-2-22-16-12-15(18(16)10-4-3-5-11-18)19-14-8-6-13(7-9-14)17(20)21/h13-16,19H,2-12H2,1H3,(H,20,21). The lowest BCUT2D eigenvalue weighted by molar-refractivity contribution is -0.153. The zero-order valence-corrected chi connectivity index (χ0v) is 13.9. The Balaban J connectivity index is 1.55. The smallest absolute Gasteiger partial charge is 0.306 e. The molecule has 3 aliphatic rings. The van der Waals surface area contributed by atoms with Gasteiger partial charge in [0.05, 0.1) is 12.0 Å². The number of rotatable bonds is 5. The molecule has 0 aromatic heterocycles. The van der Waals surface area contributed by atoms with Crippen LogP contribution in [0.4, 0.5) is 0 Å².